The fourth-order valence-electron chi connectivity index (χ4n) is 2.76. The Morgan fingerprint density at radius 3 is 2.50 bits per heavy atom. The van der Waals surface area contributed by atoms with Crippen LogP contribution in [0.4, 0.5) is 0 Å². The standard InChI is InChI=1S/C23H21N3OS/c1-16-8-10-19(11-9-16)21-13-12-20(14-24)23(26-21)28-15-22(27)25-17(2)18-6-4-3-5-7-18/h3-13,17H,15H2,1-2H3,(H,25,27). The van der Waals surface area contributed by atoms with E-state index in [0.717, 1.165) is 16.8 Å². The molecule has 3 rings (SSSR count). The molecule has 1 atom stereocenters. The molecule has 0 fully saturated rings. The van der Waals surface area contributed by atoms with Crippen molar-refractivity contribution in [1.29, 1.82) is 5.26 Å². The number of nitrogens with zero attached hydrogens (tertiary/aromatic N) is 2. The Morgan fingerprint density at radius 1 is 1.11 bits per heavy atom. The average Bonchev–Trinajstić information content (AvgIpc) is 2.73. The van der Waals surface area contributed by atoms with Gasteiger partial charge in [-0.15, -0.1) is 0 Å². The molecule has 5 heteroatoms. The molecule has 1 amide bonds. The number of nitriles is 1. The average molecular weight is 388 g/mol. The minimum Gasteiger partial charge on any atom is -0.349 e. The SMILES string of the molecule is Cc1ccc(-c2ccc(C#N)c(SCC(=O)NC(C)c3ccccc3)n2)cc1. The molecule has 0 aliphatic heterocycles. The number of hydrogen-bond donors (Lipinski definition) is 1. The molecule has 1 unspecified atom stereocenters. The Morgan fingerprint density at radius 2 is 1.82 bits per heavy atom. The highest BCUT2D eigenvalue weighted by Gasteiger charge is 2.13. The first-order valence-corrected chi connectivity index (χ1v) is 10.0. The molecule has 4 nitrogen and oxygen atoms in total. The summed E-state index contributed by atoms with van der Waals surface area (Å²) in [5.41, 5.74) is 4.48. The second-order valence-corrected chi connectivity index (χ2v) is 7.48. The van der Waals surface area contributed by atoms with Crippen molar-refractivity contribution in [3.8, 4) is 17.3 Å². The largest absolute Gasteiger partial charge is 0.349 e. The van der Waals surface area contributed by atoms with Gasteiger partial charge in [0.15, 0.2) is 0 Å². The maximum Gasteiger partial charge on any atom is 0.230 e. The van der Waals surface area contributed by atoms with Gasteiger partial charge in [0.05, 0.1) is 23.1 Å². The second-order valence-electron chi connectivity index (χ2n) is 6.52. The predicted octanol–water partition coefficient (Wildman–Crippen LogP) is 4.90. The summed E-state index contributed by atoms with van der Waals surface area (Å²) < 4.78 is 0. The first-order valence-electron chi connectivity index (χ1n) is 9.02. The van der Waals surface area contributed by atoms with Crippen molar-refractivity contribution in [3.05, 3.63) is 83.4 Å². The smallest absolute Gasteiger partial charge is 0.230 e. The number of pyridine rings is 1. The Labute approximate surface area is 169 Å². The monoisotopic (exact) mass is 387 g/mol. The van der Waals surface area contributed by atoms with E-state index in [1.54, 1.807) is 6.07 Å². The van der Waals surface area contributed by atoms with Crippen LogP contribution >= 0.6 is 11.8 Å². The quantitative estimate of drug-likeness (QED) is 0.611. The van der Waals surface area contributed by atoms with E-state index in [-0.39, 0.29) is 17.7 Å². The summed E-state index contributed by atoms with van der Waals surface area (Å²) >= 11 is 1.28. The summed E-state index contributed by atoms with van der Waals surface area (Å²) in [5.74, 6) is 0.115. The minimum absolute atomic E-state index is 0.0726. The number of aryl methyl sites for hydroxylation is 1. The van der Waals surface area contributed by atoms with E-state index in [4.69, 9.17) is 0 Å². The van der Waals surface area contributed by atoms with Crippen molar-refractivity contribution in [3.63, 3.8) is 0 Å². The van der Waals surface area contributed by atoms with Gasteiger partial charge in [-0.3, -0.25) is 4.79 Å². The number of thioether (sulfide) groups is 1. The normalized spacial score (nSPS) is 11.5. The van der Waals surface area contributed by atoms with Gasteiger partial charge in [-0.05, 0) is 31.5 Å². The van der Waals surface area contributed by atoms with E-state index < -0.39 is 0 Å². The van der Waals surface area contributed by atoms with Gasteiger partial charge < -0.3 is 5.32 Å². The molecule has 3 aromatic rings. The summed E-state index contributed by atoms with van der Waals surface area (Å²) in [7, 11) is 0. The van der Waals surface area contributed by atoms with Crippen molar-refractivity contribution in [2.24, 2.45) is 0 Å². The van der Waals surface area contributed by atoms with Crippen LogP contribution in [-0.4, -0.2) is 16.6 Å². The predicted molar refractivity (Wildman–Crippen MR) is 113 cm³/mol. The number of rotatable bonds is 6. The number of amides is 1. The highest BCUT2D eigenvalue weighted by atomic mass is 32.2. The maximum atomic E-state index is 12.3. The zero-order valence-corrected chi connectivity index (χ0v) is 16.7. The van der Waals surface area contributed by atoms with E-state index in [1.165, 1.54) is 17.3 Å². The molecule has 0 radical (unpaired) electrons. The number of nitrogens with one attached hydrogen (secondary N) is 1. The molecular formula is C23H21N3OS. The second kappa shape index (κ2) is 9.20. The third-order valence-corrected chi connectivity index (χ3v) is 5.34. The number of hydrogen-bond acceptors (Lipinski definition) is 4. The molecule has 0 aliphatic rings. The Hall–Kier alpha value is -3.10. The van der Waals surface area contributed by atoms with Crippen LogP contribution in [0.3, 0.4) is 0 Å². The molecule has 2 aromatic carbocycles. The Kier molecular flexibility index (Phi) is 6.46. The summed E-state index contributed by atoms with van der Waals surface area (Å²) in [6.45, 7) is 3.99. The molecule has 0 saturated heterocycles. The third kappa shape index (κ3) is 4.99. The zero-order valence-electron chi connectivity index (χ0n) is 15.8. The lowest BCUT2D eigenvalue weighted by atomic mass is 10.1. The molecule has 140 valence electrons. The lowest BCUT2D eigenvalue weighted by Crippen LogP contribution is -2.28. The van der Waals surface area contributed by atoms with Gasteiger partial charge in [-0.25, -0.2) is 4.98 Å². The summed E-state index contributed by atoms with van der Waals surface area (Å²) in [4.78, 5) is 17.0. The molecule has 0 saturated carbocycles. The van der Waals surface area contributed by atoms with Crippen LogP contribution in [-0.2, 0) is 4.79 Å². The molecule has 1 N–H and O–H groups in total. The van der Waals surface area contributed by atoms with Gasteiger partial charge in [-0.1, -0.05) is 71.9 Å². The number of aromatic nitrogens is 1. The lowest BCUT2D eigenvalue weighted by molar-refractivity contribution is -0.119. The van der Waals surface area contributed by atoms with Gasteiger partial charge >= 0.3 is 0 Å². The first-order chi connectivity index (χ1) is 13.6. The highest BCUT2D eigenvalue weighted by molar-refractivity contribution is 8.00. The molecule has 0 bridgehead atoms. The van der Waals surface area contributed by atoms with Gasteiger partial charge in [0.1, 0.15) is 11.1 Å². The van der Waals surface area contributed by atoms with Crippen LogP contribution in [0, 0.1) is 18.3 Å². The number of benzene rings is 2. The van der Waals surface area contributed by atoms with Gasteiger partial charge in [0.25, 0.3) is 0 Å². The summed E-state index contributed by atoms with van der Waals surface area (Å²) in [6, 6.07) is 23.6. The van der Waals surface area contributed by atoms with Crippen molar-refractivity contribution < 1.29 is 4.79 Å². The molecule has 1 heterocycles. The van der Waals surface area contributed by atoms with Crippen LogP contribution in [0.15, 0.2) is 71.8 Å². The highest BCUT2D eigenvalue weighted by Crippen LogP contribution is 2.25. The number of carbonyl (C=O) groups excluding carboxylic acids is 1. The zero-order chi connectivity index (χ0) is 19.9. The van der Waals surface area contributed by atoms with Gasteiger partial charge in [-0.2, -0.15) is 5.26 Å². The van der Waals surface area contributed by atoms with E-state index in [1.807, 2.05) is 74.5 Å². The number of carbonyl (C=O) groups is 1. The van der Waals surface area contributed by atoms with Crippen molar-refractivity contribution in [2.45, 2.75) is 24.9 Å². The van der Waals surface area contributed by atoms with Gasteiger partial charge in [0, 0.05) is 5.56 Å². The van der Waals surface area contributed by atoms with Crippen LogP contribution < -0.4 is 5.32 Å². The molecule has 1 aromatic heterocycles. The van der Waals surface area contributed by atoms with Crippen molar-refractivity contribution in [1.82, 2.24) is 10.3 Å². The summed E-state index contributed by atoms with van der Waals surface area (Å²) in [6.07, 6.45) is 0. The van der Waals surface area contributed by atoms with Crippen LogP contribution in [0.1, 0.15) is 29.7 Å². The van der Waals surface area contributed by atoms with Crippen molar-refractivity contribution in [2.75, 3.05) is 5.75 Å². The van der Waals surface area contributed by atoms with Crippen LogP contribution in [0.5, 0.6) is 0 Å². The topological polar surface area (TPSA) is 65.8 Å². The van der Waals surface area contributed by atoms with Crippen LogP contribution in [0.2, 0.25) is 0 Å². The molecule has 0 aliphatic carbocycles. The molecular weight excluding hydrogens is 366 g/mol. The minimum atomic E-state index is -0.0900. The lowest BCUT2D eigenvalue weighted by Gasteiger charge is -2.14. The van der Waals surface area contributed by atoms with E-state index in [2.05, 4.69) is 16.4 Å². The van der Waals surface area contributed by atoms with E-state index in [9.17, 15) is 10.1 Å². The maximum absolute atomic E-state index is 12.3. The van der Waals surface area contributed by atoms with Gasteiger partial charge in [0.2, 0.25) is 5.91 Å². The first kappa shape index (κ1) is 19.7. The fourth-order valence-corrected chi connectivity index (χ4v) is 3.55. The Balaban J connectivity index is 1.69. The Bertz CT molecular complexity index is 995. The molecule has 0 spiro atoms. The fraction of sp³-hybridized carbons (Fsp3) is 0.174. The summed E-state index contributed by atoms with van der Waals surface area (Å²) in [5, 5.41) is 12.9. The van der Waals surface area contributed by atoms with E-state index >= 15 is 0 Å². The third-order valence-electron chi connectivity index (χ3n) is 4.35. The van der Waals surface area contributed by atoms with Crippen molar-refractivity contribution >= 4 is 17.7 Å². The molecule has 28 heavy (non-hydrogen) atoms. The van der Waals surface area contributed by atoms with E-state index in [0.29, 0.717) is 10.6 Å². The van der Waals surface area contributed by atoms with Crippen LogP contribution in [0.25, 0.3) is 11.3 Å².